The lowest BCUT2D eigenvalue weighted by Crippen LogP contribution is -1.81. The van der Waals surface area contributed by atoms with Crippen LogP contribution in [0.15, 0.2) is 61.2 Å². The quantitative estimate of drug-likeness (QED) is 0.532. The Balaban J connectivity index is 2.14. The molecular weight excluding hydrogens is 204 g/mol. The number of rotatable bonds is 2. The lowest BCUT2D eigenvalue weighted by atomic mass is 10.1. The fourth-order valence-electron chi connectivity index (χ4n) is 1.51. The number of benzene rings is 2. The van der Waals surface area contributed by atoms with E-state index in [2.05, 4.69) is 36.6 Å². The molecule has 81 valence electrons. The highest BCUT2D eigenvalue weighted by Gasteiger charge is 1.90. The lowest BCUT2D eigenvalue weighted by Gasteiger charge is -1.95. The number of allylic oxidation sites excluding steroid dienone is 1. The first kappa shape index (κ1) is 11.2. The first-order valence-corrected chi connectivity index (χ1v) is 5.56. The van der Waals surface area contributed by atoms with Gasteiger partial charge in [-0.1, -0.05) is 42.2 Å². The van der Waals surface area contributed by atoms with Crippen molar-refractivity contribution in [2.24, 2.45) is 0 Å². The van der Waals surface area contributed by atoms with Crippen molar-refractivity contribution in [3.8, 4) is 11.8 Å². The minimum absolute atomic E-state index is 0.905. The van der Waals surface area contributed by atoms with E-state index in [0.29, 0.717) is 0 Å². The standard InChI is InChI=1S/C17H13/c1-2-6-15-9-12-17(13-10-15)14-11-16-7-4-3-5-8-16/h2,4-5,7-10,12-13H,1,6H2. The molecule has 0 heteroatoms. The van der Waals surface area contributed by atoms with Crippen LogP contribution < -0.4 is 0 Å². The van der Waals surface area contributed by atoms with Crippen LogP contribution >= 0.6 is 0 Å². The van der Waals surface area contributed by atoms with Crippen LogP contribution in [0, 0.1) is 17.9 Å². The van der Waals surface area contributed by atoms with Crippen molar-refractivity contribution in [3.63, 3.8) is 0 Å². The molecule has 2 aromatic carbocycles. The summed E-state index contributed by atoms with van der Waals surface area (Å²) >= 11 is 0. The van der Waals surface area contributed by atoms with E-state index in [4.69, 9.17) is 0 Å². The molecule has 0 N–H and O–H groups in total. The Labute approximate surface area is 103 Å². The number of hydrogen-bond donors (Lipinski definition) is 0. The van der Waals surface area contributed by atoms with E-state index in [9.17, 15) is 0 Å². The van der Waals surface area contributed by atoms with Crippen LogP contribution in [-0.2, 0) is 6.42 Å². The first-order chi connectivity index (χ1) is 8.38. The lowest BCUT2D eigenvalue weighted by molar-refractivity contribution is 1.27. The molecular formula is C17H13. The molecule has 0 amide bonds. The second-order valence-corrected chi connectivity index (χ2v) is 3.73. The van der Waals surface area contributed by atoms with E-state index in [0.717, 1.165) is 17.5 Å². The van der Waals surface area contributed by atoms with E-state index in [-0.39, 0.29) is 0 Å². The van der Waals surface area contributed by atoms with Crippen molar-refractivity contribution in [2.45, 2.75) is 6.42 Å². The summed E-state index contributed by atoms with van der Waals surface area (Å²) in [6.45, 7) is 3.72. The van der Waals surface area contributed by atoms with E-state index < -0.39 is 0 Å². The second kappa shape index (κ2) is 5.72. The summed E-state index contributed by atoms with van der Waals surface area (Å²) in [6.07, 6.45) is 2.81. The molecule has 0 saturated heterocycles. The van der Waals surface area contributed by atoms with Gasteiger partial charge in [0.15, 0.2) is 0 Å². The van der Waals surface area contributed by atoms with Gasteiger partial charge in [-0.15, -0.1) is 6.58 Å². The molecule has 0 bridgehead atoms. The van der Waals surface area contributed by atoms with Gasteiger partial charge in [-0.3, -0.25) is 0 Å². The van der Waals surface area contributed by atoms with Crippen LogP contribution in [0.1, 0.15) is 16.7 Å². The van der Waals surface area contributed by atoms with Crippen molar-refractivity contribution in [3.05, 3.63) is 83.9 Å². The van der Waals surface area contributed by atoms with E-state index in [1.165, 1.54) is 5.56 Å². The number of hydrogen-bond acceptors (Lipinski definition) is 0. The van der Waals surface area contributed by atoms with Crippen LogP contribution in [0.3, 0.4) is 0 Å². The van der Waals surface area contributed by atoms with Crippen molar-refractivity contribution in [1.82, 2.24) is 0 Å². The van der Waals surface area contributed by atoms with E-state index in [1.54, 1.807) is 0 Å². The highest BCUT2D eigenvalue weighted by atomic mass is 13.9. The van der Waals surface area contributed by atoms with Gasteiger partial charge < -0.3 is 0 Å². The summed E-state index contributed by atoms with van der Waals surface area (Å²) in [7, 11) is 0. The average molecular weight is 217 g/mol. The monoisotopic (exact) mass is 217 g/mol. The maximum atomic E-state index is 3.72. The maximum absolute atomic E-state index is 3.72. The predicted molar refractivity (Wildman–Crippen MR) is 71.6 cm³/mol. The van der Waals surface area contributed by atoms with Crippen molar-refractivity contribution in [1.29, 1.82) is 0 Å². The highest BCUT2D eigenvalue weighted by Crippen LogP contribution is 2.05. The normalized spacial score (nSPS) is 9.18. The summed E-state index contributed by atoms with van der Waals surface area (Å²) in [5.74, 6) is 6.26. The van der Waals surface area contributed by atoms with Gasteiger partial charge in [0.1, 0.15) is 0 Å². The van der Waals surface area contributed by atoms with Crippen molar-refractivity contribution >= 4 is 0 Å². The Bertz CT molecular complexity index is 536. The van der Waals surface area contributed by atoms with Crippen LogP contribution in [0.2, 0.25) is 0 Å². The zero-order chi connectivity index (χ0) is 11.9. The Morgan fingerprint density at radius 1 is 0.941 bits per heavy atom. The summed E-state index contributed by atoms with van der Waals surface area (Å²) in [5.41, 5.74) is 3.31. The van der Waals surface area contributed by atoms with E-state index in [1.807, 2.05) is 42.5 Å². The Morgan fingerprint density at radius 2 is 1.53 bits per heavy atom. The van der Waals surface area contributed by atoms with Crippen LogP contribution in [-0.4, -0.2) is 0 Å². The third kappa shape index (κ3) is 3.36. The molecule has 0 aliphatic rings. The average Bonchev–Trinajstić information content (AvgIpc) is 2.40. The van der Waals surface area contributed by atoms with Gasteiger partial charge in [-0.2, -0.15) is 0 Å². The zero-order valence-electron chi connectivity index (χ0n) is 9.61. The predicted octanol–water partition coefficient (Wildman–Crippen LogP) is 3.62. The minimum Gasteiger partial charge on any atom is -0.103 e. The molecule has 2 aromatic rings. The molecule has 0 spiro atoms. The molecule has 0 aliphatic carbocycles. The van der Waals surface area contributed by atoms with Crippen LogP contribution in [0.4, 0.5) is 0 Å². The Morgan fingerprint density at radius 3 is 2.12 bits per heavy atom. The smallest absolute Gasteiger partial charge is 0.0249 e. The van der Waals surface area contributed by atoms with Gasteiger partial charge >= 0.3 is 0 Å². The van der Waals surface area contributed by atoms with Gasteiger partial charge in [0.2, 0.25) is 0 Å². The van der Waals surface area contributed by atoms with Crippen LogP contribution in [0.5, 0.6) is 0 Å². The molecule has 1 radical (unpaired) electrons. The molecule has 0 nitrogen and oxygen atoms in total. The summed E-state index contributed by atoms with van der Waals surface area (Å²) in [6, 6.07) is 18.9. The third-order valence-corrected chi connectivity index (χ3v) is 2.40. The van der Waals surface area contributed by atoms with E-state index >= 15 is 0 Å². The molecule has 0 aliphatic heterocycles. The Kier molecular flexibility index (Phi) is 3.78. The van der Waals surface area contributed by atoms with Gasteiger partial charge in [-0.05, 0) is 42.3 Å². The summed E-state index contributed by atoms with van der Waals surface area (Å²) in [4.78, 5) is 0. The molecule has 0 atom stereocenters. The molecule has 0 unspecified atom stereocenters. The second-order valence-electron chi connectivity index (χ2n) is 3.73. The zero-order valence-corrected chi connectivity index (χ0v) is 9.61. The molecule has 0 aromatic heterocycles. The van der Waals surface area contributed by atoms with Crippen molar-refractivity contribution in [2.75, 3.05) is 0 Å². The van der Waals surface area contributed by atoms with Gasteiger partial charge in [0, 0.05) is 11.1 Å². The van der Waals surface area contributed by atoms with Crippen LogP contribution in [0.25, 0.3) is 0 Å². The molecule has 0 heterocycles. The maximum Gasteiger partial charge on any atom is 0.0249 e. The third-order valence-electron chi connectivity index (χ3n) is 2.40. The first-order valence-electron chi connectivity index (χ1n) is 5.56. The largest absolute Gasteiger partial charge is 0.103 e. The van der Waals surface area contributed by atoms with Gasteiger partial charge in [-0.25, -0.2) is 0 Å². The summed E-state index contributed by atoms with van der Waals surface area (Å²) in [5, 5.41) is 0. The van der Waals surface area contributed by atoms with Gasteiger partial charge in [0.05, 0.1) is 0 Å². The Hall–Kier alpha value is -2.26. The minimum atomic E-state index is 0.905. The molecule has 0 saturated carbocycles. The molecule has 17 heavy (non-hydrogen) atoms. The molecule has 2 rings (SSSR count). The molecule has 0 fully saturated rings. The SMILES string of the molecule is C=CCc1ccc(C#Cc2cc[c]cc2)cc1. The fraction of sp³-hybridized carbons (Fsp3) is 0.0588. The highest BCUT2D eigenvalue weighted by molar-refractivity contribution is 5.43. The van der Waals surface area contributed by atoms with Crippen molar-refractivity contribution < 1.29 is 0 Å². The fourth-order valence-corrected chi connectivity index (χ4v) is 1.51. The topological polar surface area (TPSA) is 0 Å². The summed E-state index contributed by atoms with van der Waals surface area (Å²) < 4.78 is 0. The van der Waals surface area contributed by atoms with Gasteiger partial charge in [0.25, 0.3) is 0 Å².